The number of anilines is 1. The van der Waals surface area contributed by atoms with E-state index in [0.29, 0.717) is 5.69 Å². The summed E-state index contributed by atoms with van der Waals surface area (Å²) >= 11 is 0. The van der Waals surface area contributed by atoms with E-state index in [0.717, 1.165) is 37.0 Å². The molecular formula is C19H23NO3. The molecule has 4 heteroatoms. The molecule has 0 heterocycles. The van der Waals surface area contributed by atoms with E-state index in [2.05, 4.69) is 5.32 Å². The monoisotopic (exact) mass is 313 g/mol. The quantitative estimate of drug-likeness (QED) is 0.888. The van der Waals surface area contributed by atoms with Gasteiger partial charge in [0.25, 0.3) is 0 Å². The van der Waals surface area contributed by atoms with Crippen LogP contribution in [0.15, 0.2) is 24.3 Å². The lowest BCUT2D eigenvalue weighted by atomic mass is 9.58. The molecule has 0 saturated heterocycles. The van der Waals surface area contributed by atoms with Crippen molar-refractivity contribution in [1.82, 2.24) is 0 Å². The molecule has 4 bridgehead atoms. The van der Waals surface area contributed by atoms with Crippen LogP contribution >= 0.6 is 0 Å². The van der Waals surface area contributed by atoms with Gasteiger partial charge >= 0.3 is 5.97 Å². The van der Waals surface area contributed by atoms with Crippen molar-refractivity contribution in [2.45, 2.75) is 44.9 Å². The average Bonchev–Trinajstić information content (AvgIpc) is 2.74. The Balaban J connectivity index is 1.53. The van der Waals surface area contributed by atoms with Crippen LogP contribution in [0.3, 0.4) is 0 Å². The number of hydrogen-bond donors (Lipinski definition) is 2. The molecule has 23 heavy (non-hydrogen) atoms. The number of carboxylic acid groups (broad SMARTS) is 1. The molecular weight excluding hydrogens is 290 g/mol. The van der Waals surface area contributed by atoms with Crippen molar-refractivity contribution in [2.75, 3.05) is 5.32 Å². The first-order valence-electron chi connectivity index (χ1n) is 8.69. The molecule has 2 N–H and O–H groups in total. The van der Waals surface area contributed by atoms with Crippen LogP contribution in [0.2, 0.25) is 0 Å². The number of carbonyl (C=O) groups is 2. The Kier molecular flexibility index (Phi) is 3.43. The maximum Gasteiger partial charge on any atom is 0.335 e. The predicted octanol–water partition coefficient (Wildman–Crippen LogP) is 3.93. The molecule has 4 aliphatic carbocycles. The number of fused-ring (bicyclic) bond motifs is 1. The third kappa shape index (κ3) is 2.64. The second-order valence-electron chi connectivity index (χ2n) is 7.88. The van der Waals surface area contributed by atoms with Gasteiger partial charge < -0.3 is 10.4 Å². The van der Waals surface area contributed by atoms with Crippen molar-refractivity contribution in [3.05, 3.63) is 29.8 Å². The minimum Gasteiger partial charge on any atom is -0.478 e. The van der Waals surface area contributed by atoms with E-state index in [-0.39, 0.29) is 16.9 Å². The van der Waals surface area contributed by atoms with Crippen molar-refractivity contribution in [1.29, 1.82) is 0 Å². The number of aromatic carboxylic acids is 1. The minimum absolute atomic E-state index is 0.155. The molecule has 0 aromatic heterocycles. The maximum atomic E-state index is 13.0. The third-order valence-corrected chi connectivity index (χ3v) is 6.23. The van der Waals surface area contributed by atoms with Crippen LogP contribution in [0.25, 0.3) is 0 Å². The lowest BCUT2D eigenvalue weighted by Gasteiger charge is -2.47. The van der Waals surface area contributed by atoms with Crippen LogP contribution in [0, 0.1) is 23.2 Å². The fourth-order valence-electron chi connectivity index (χ4n) is 5.43. The van der Waals surface area contributed by atoms with Crippen LogP contribution in [0.1, 0.15) is 55.3 Å². The van der Waals surface area contributed by atoms with Crippen LogP contribution < -0.4 is 5.32 Å². The largest absolute Gasteiger partial charge is 0.478 e. The van der Waals surface area contributed by atoms with Gasteiger partial charge in [0.15, 0.2) is 0 Å². The second-order valence-corrected chi connectivity index (χ2v) is 7.88. The van der Waals surface area contributed by atoms with Gasteiger partial charge in [-0.25, -0.2) is 4.79 Å². The van der Waals surface area contributed by atoms with E-state index < -0.39 is 5.97 Å². The van der Waals surface area contributed by atoms with E-state index in [1.54, 1.807) is 24.3 Å². The highest BCUT2D eigenvalue weighted by atomic mass is 16.4. The number of rotatable bonds is 3. The zero-order valence-corrected chi connectivity index (χ0v) is 13.3. The molecule has 0 aliphatic heterocycles. The molecule has 2 unspecified atom stereocenters. The Morgan fingerprint density at radius 2 is 1.52 bits per heavy atom. The molecule has 2 atom stereocenters. The normalized spacial score (nSPS) is 34.9. The van der Waals surface area contributed by atoms with Gasteiger partial charge in [0.05, 0.1) is 11.0 Å². The summed E-state index contributed by atoms with van der Waals surface area (Å²) in [5, 5.41) is 12.0. The molecule has 122 valence electrons. The summed E-state index contributed by atoms with van der Waals surface area (Å²) in [6, 6.07) is 6.47. The van der Waals surface area contributed by atoms with Gasteiger partial charge in [0.1, 0.15) is 0 Å². The summed E-state index contributed by atoms with van der Waals surface area (Å²) in [6.45, 7) is 0. The first-order valence-corrected chi connectivity index (χ1v) is 8.69. The second kappa shape index (κ2) is 5.36. The number of carbonyl (C=O) groups excluding carboxylic acids is 1. The van der Waals surface area contributed by atoms with E-state index in [1.807, 2.05) is 0 Å². The molecule has 1 aromatic rings. The number of nitrogens with one attached hydrogen (secondary N) is 1. The standard InChI is InChI=1S/C19H23NO3/c21-17(22)15-3-5-16(6-4-15)20-18(23)19-9-12-1-2-13(10-19)8-14(7-12)11-19/h3-6,12-14H,1-2,7-11H2,(H,20,23)(H,21,22). The van der Waals surface area contributed by atoms with E-state index >= 15 is 0 Å². The van der Waals surface area contributed by atoms with Crippen LogP contribution in [0.4, 0.5) is 5.69 Å². The molecule has 4 nitrogen and oxygen atoms in total. The molecule has 1 amide bonds. The van der Waals surface area contributed by atoms with Gasteiger partial charge in [-0.2, -0.15) is 0 Å². The van der Waals surface area contributed by atoms with Crippen LogP contribution in [0.5, 0.6) is 0 Å². The van der Waals surface area contributed by atoms with Crippen molar-refractivity contribution in [3.8, 4) is 0 Å². The van der Waals surface area contributed by atoms with E-state index in [9.17, 15) is 9.59 Å². The molecule has 4 saturated carbocycles. The number of carboxylic acids is 1. The lowest BCUT2D eigenvalue weighted by Crippen LogP contribution is -2.46. The van der Waals surface area contributed by atoms with Crippen molar-refractivity contribution in [3.63, 3.8) is 0 Å². The fraction of sp³-hybridized carbons (Fsp3) is 0.579. The van der Waals surface area contributed by atoms with Gasteiger partial charge in [-0.3, -0.25) is 4.79 Å². The minimum atomic E-state index is -0.944. The van der Waals surface area contributed by atoms with Gasteiger partial charge in [0, 0.05) is 5.69 Å². The average molecular weight is 313 g/mol. The zero-order valence-electron chi connectivity index (χ0n) is 13.3. The van der Waals surface area contributed by atoms with Gasteiger partial charge in [0.2, 0.25) is 5.91 Å². The third-order valence-electron chi connectivity index (χ3n) is 6.23. The Bertz CT molecular complexity index is 621. The zero-order chi connectivity index (χ0) is 16.0. The summed E-state index contributed by atoms with van der Waals surface area (Å²) in [6.07, 6.45) is 8.35. The highest BCUT2D eigenvalue weighted by molar-refractivity contribution is 5.96. The Labute approximate surface area is 136 Å². The van der Waals surface area contributed by atoms with Crippen molar-refractivity contribution < 1.29 is 14.7 Å². The topological polar surface area (TPSA) is 66.4 Å². The van der Waals surface area contributed by atoms with Gasteiger partial charge in [-0.15, -0.1) is 0 Å². The van der Waals surface area contributed by atoms with Crippen molar-refractivity contribution in [2.24, 2.45) is 23.2 Å². The van der Waals surface area contributed by atoms with E-state index in [1.165, 1.54) is 25.7 Å². The highest BCUT2D eigenvalue weighted by Crippen LogP contribution is 2.58. The van der Waals surface area contributed by atoms with Gasteiger partial charge in [-0.1, -0.05) is 12.8 Å². The Morgan fingerprint density at radius 1 is 0.957 bits per heavy atom. The SMILES string of the molecule is O=C(O)c1ccc(NC(=O)C23CC4CCC(CC(C4)C2)C3)cc1. The van der Waals surface area contributed by atoms with Crippen LogP contribution in [-0.2, 0) is 4.79 Å². The number of benzene rings is 1. The van der Waals surface area contributed by atoms with Crippen LogP contribution in [-0.4, -0.2) is 17.0 Å². The fourth-order valence-corrected chi connectivity index (χ4v) is 5.43. The molecule has 4 fully saturated rings. The summed E-state index contributed by atoms with van der Waals surface area (Å²) in [7, 11) is 0. The maximum absolute atomic E-state index is 13.0. The number of amides is 1. The Hall–Kier alpha value is -1.84. The predicted molar refractivity (Wildman–Crippen MR) is 87.3 cm³/mol. The van der Waals surface area contributed by atoms with Gasteiger partial charge in [-0.05, 0) is 74.1 Å². The molecule has 0 spiro atoms. The smallest absolute Gasteiger partial charge is 0.335 e. The summed E-state index contributed by atoms with van der Waals surface area (Å²) < 4.78 is 0. The first kappa shape index (κ1) is 14.7. The van der Waals surface area contributed by atoms with Crippen molar-refractivity contribution >= 4 is 17.6 Å². The molecule has 1 aromatic carbocycles. The number of hydrogen-bond acceptors (Lipinski definition) is 2. The lowest BCUT2D eigenvalue weighted by molar-refractivity contribution is -0.132. The summed E-state index contributed by atoms with van der Waals surface area (Å²) in [5.41, 5.74) is 0.766. The first-order chi connectivity index (χ1) is 11.0. The summed E-state index contributed by atoms with van der Waals surface area (Å²) in [5.74, 6) is 1.39. The highest BCUT2D eigenvalue weighted by Gasteiger charge is 2.52. The molecule has 5 rings (SSSR count). The van der Waals surface area contributed by atoms with E-state index in [4.69, 9.17) is 5.11 Å². The Morgan fingerprint density at radius 3 is 2.09 bits per heavy atom. The molecule has 4 aliphatic rings. The summed E-state index contributed by atoms with van der Waals surface area (Å²) in [4.78, 5) is 23.9. The molecule has 0 radical (unpaired) electrons.